The largest absolute Gasteiger partial charge is 0.380 e. The molecule has 0 saturated carbocycles. The molecule has 2 rings (SSSR count). The highest BCUT2D eigenvalue weighted by molar-refractivity contribution is 5.40. The molecule has 0 amide bonds. The number of fused-ring (bicyclic) bond motifs is 1. The van der Waals surface area contributed by atoms with Gasteiger partial charge in [-0.05, 0) is 23.5 Å². The van der Waals surface area contributed by atoms with Crippen LogP contribution in [0.15, 0.2) is 24.3 Å². The minimum absolute atomic E-state index is 0.633. The summed E-state index contributed by atoms with van der Waals surface area (Å²) in [5.41, 5.74) is 3.05. The minimum Gasteiger partial charge on any atom is -0.380 e. The summed E-state index contributed by atoms with van der Waals surface area (Å²) in [6, 6.07) is 8.75. The molecule has 1 aromatic rings. The van der Waals surface area contributed by atoms with E-state index in [1.807, 2.05) is 0 Å². The van der Waals surface area contributed by atoms with E-state index in [1.54, 1.807) is 0 Å². The first kappa shape index (κ1) is 12.6. The summed E-state index contributed by atoms with van der Waals surface area (Å²) < 4.78 is 5.54. The molecule has 0 spiro atoms. The van der Waals surface area contributed by atoms with Crippen LogP contribution in [0.25, 0.3) is 0 Å². The van der Waals surface area contributed by atoms with Crippen molar-refractivity contribution in [2.75, 3.05) is 26.3 Å². The number of ether oxygens (including phenoxy) is 1. The number of rotatable bonds is 7. The van der Waals surface area contributed by atoms with Gasteiger partial charge in [0.2, 0.25) is 0 Å². The van der Waals surface area contributed by atoms with Crippen molar-refractivity contribution in [2.45, 2.75) is 26.2 Å². The number of hydrogen-bond acceptors (Lipinski definition) is 2. The molecule has 2 heteroatoms. The first-order valence-corrected chi connectivity index (χ1v) is 6.63. The quantitative estimate of drug-likeness (QED) is 0.731. The van der Waals surface area contributed by atoms with Crippen LogP contribution in [0.4, 0.5) is 0 Å². The lowest BCUT2D eigenvalue weighted by molar-refractivity contribution is 0.111. The van der Waals surface area contributed by atoms with Crippen molar-refractivity contribution in [2.24, 2.45) is 5.92 Å². The summed E-state index contributed by atoms with van der Waals surface area (Å²) >= 11 is 0. The molecule has 1 N–H and O–H groups in total. The molecule has 1 aromatic carbocycles. The van der Waals surface area contributed by atoms with Gasteiger partial charge in [-0.1, -0.05) is 38.1 Å². The van der Waals surface area contributed by atoms with Crippen molar-refractivity contribution in [1.29, 1.82) is 0 Å². The van der Waals surface area contributed by atoms with Crippen LogP contribution >= 0.6 is 0 Å². The SMILES string of the molecule is CC(C)COCCNCC1Cc2ccccc21. The Morgan fingerprint density at radius 1 is 1.35 bits per heavy atom. The van der Waals surface area contributed by atoms with E-state index in [0.29, 0.717) is 5.92 Å². The average molecular weight is 233 g/mol. The van der Waals surface area contributed by atoms with Gasteiger partial charge in [-0.25, -0.2) is 0 Å². The predicted octanol–water partition coefficient (Wildman–Crippen LogP) is 2.59. The lowest BCUT2D eigenvalue weighted by Crippen LogP contribution is -2.31. The van der Waals surface area contributed by atoms with Gasteiger partial charge >= 0.3 is 0 Å². The minimum atomic E-state index is 0.633. The van der Waals surface area contributed by atoms with Crippen LogP contribution in [0.5, 0.6) is 0 Å². The molecule has 0 bridgehead atoms. The molecule has 1 aliphatic rings. The molecular formula is C15H23NO. The maximum Gasteiger partial charge on any atom is 0.0591 e. The summed E-state index contributed by atoms with van der Waals surface area (Å²) in [5.74, 6) is 1.35. The molecule has 0 aliphatic heterocycles. The van der Waals surface area contributed by atoms with Crippen LogP contribution in [0.1, 0.15) is 30.9 Å². The normalized spacial score (nSPS) is 17.9. The molecule has 0 fully saturated rings. The lowest BCUT2D eigenvalue weighted by atomic mass is 9.78. The maximum absolute atomic E-state index is 5.54. The molecule has 1 unspecified atom stereocenters. The fourth-order valence-electron chi connectivity index (χ4n) is 2.28. The van der Waals surface area contributed by atoms with Crippen molar-refractivity contribution in [3.05, 3.63) is 35.4 Å². The zero-order valence-electron chi connectivity index (χ0n) is 10.9. The van der Waals surface area contributed by atoms with Gasteiger partial charge in [0.1, 0.15) is 0 Å². The van der Waals surface area contributed by atoms with E-state index in [1.165, 1.54) is 17.5 Å². The second-order valence-electron chi connectivity index (χ2n) is 5.27. The first-order valence-electron chi connectivity index (χ1n) is 6.63. The van der Waals surface area contributed by atoms with Crippen LogP contribution in [0, 0.1) is 5.92 Å². The molecule has 17 heavy (non-hydrogen) atoms. The van der Waals surface area contributed by atoms with Gasteiger partial charge in [0, 0.05) is 25.6 Å². The summed E-state index contributed by atoms with van der Waals surface area (Å²) in [4.78, 5) is 0. The van der Waals surface area contributed by atoms with Crippen LogP contribution in [-0.2, 0) is 11.2 Å². The topological polar surface area (TPSA) is 21.3 Å². The smallest absolute Gasteiger partial charge is 0.0591 e. The number of nitrogens with one attached hydrogen (secondary N) is 1. The molecule has 94 valence electrons. The van der Waals surface area contributed by atoms with E-state index >= 15 is 0 Å². The fraction of sp³-hybridized carbons (Fsp3) is 0.600. The zero-order valence-corrected chi connectivity index (χ0v) is 10.9. The molecule has 0 aromatic heterocycles. The maximum atomic E-state index is 5.54. The van der Waals surface area contributed by atoms with E-state index in [4.69, 9.17) is 4.74 Å². The van der Waals surface area contributed by atoms with E-state index in [9.17, 15) is 0 Å². The van der Waals surface area contributed by atoms with E-state index < -0.39 is 0 Å². The zero-order chi connectivity index (χ0) is 12.1. The van der Waals surface area contributed by atoms with Crippen LogP contribution < -0.4 is 5.32 Å². The highest BCUT2D eigenvalue weighted by Crippen LogP contribution is 2.33. The van der Waals surface area contributed by atoms with Crippen LogP contribution in [0.3, 0.4) is 0 Å². The third kappa shape index (κ3) is 3.55. The summed E-state index contributed by atoms with van der Waals surface area (Å²) in [7, 11) is 0. The van der Waals surface area contributed by atoms with Crippen molar-refractivity contribution in [3.8, 4) is 0 Å². The van der Waals surface area contributed by atoms with E-state index in [0.717, 1.165) is 32.2 Å². The van der Waals surface area contributed by atoms with Gasteiger partial charge in [-0.3, -0.25) is 0 Å². The second-order valence-corrected chi connectivity index (χ2v) is 5.27. The van der Waals surface area contributed by atoms with Gasteiger partial charge in [-0.15, -0.1) is 0 Å². The van der Waals surface area contributed by atoms with Crippen molar-refractivity contribution in [1.82, 2.24) is 5.32 Å². The standard InChI is InChI=1S/C15H23NO/c1-12(2)11-17-8-7-16-10-14-9-13-5-3-4-6-15(13)14/h3-6,12,14,16H,7-11H2,1-2H3. The first-order chi connectivity index (χ1) is 8.27. The highest BCUT2D eigenvalue weighted by Gasteiger charge is 2.24. The van der Waals surface area contributed by atoms with Crippen molar-refractivity contribution < 1.29 is 4.74 Å². The Morgan fingerprint density at radius 3 is 2.94 bits per heavy atom. The molecule has 0 heterocycles. The molecule has 0 radical (unpaired) electrons. The molecule has 0 saturated heterocycles. The Labute approximate surface area is 104 Å². The Kier molecular flexibility index (Phi) is 4.57. The Morgan fingerprint density at radius 2 is 2.18 bits per heavy atom. The molecule has 1 aliphatic carbocycles. The molecular weight excluding hydrogens is 210 g/mol. The monoisotopic (exact) mass is 233 g/mol. The summed E-state index contributed by atoms with van der Waals surface area (Å²) in [6.07, 6.45) is 1.23. The van der Waals surface area contributed by atoms with Gasteiger partial charge in [0.25, 0.3) is 0 Å². The average Bonchev–Trinajstić information content (AvgIpc) is 2.28. The van der Waals surface area contributed by atoms with Gasteiger partial charge in [0.05, 0.1) is 6.61 Å². The summed E-state index contributed by atoms with van der Waals surface area (Å²) in [6.45, 7) is 8.10. The third-order valence-electron chi connectivity index (χ3n) is 3.23. The number of hydrogen-bond donors (Lipinski definition) is 1. The molecule has 1 atom stereocenters. The van der Waals surface area contributed by atoms with Crippen LogP contribution in [-0.4, -0.2) is 26.3 Å². The van der Waals surface area contributed by atoms with E-state index in [-0.39, 0.29) is 0 Å². The van der Waals surface area contributed by atoms with Crippen molar-refractivity contribution >= 4 is 0 Å². The van der Waals surface area contributed by atoms with Crippen molar-refractivity contribution in [3.63, 3.8) is 0 Å². The number of benzene rings is 1. The third-order valence-corrected chi connectivity index (χ3v) is 3.23. The summed E-state index contributed by atoms with van der Waals surface area (Å²) in [5, 5.41) is 3.48. The Balaban J connectivity index is 1.56. The Bertz CT molecular complexity index is 349. The van der Waals surface area contributed by atoms with Gasteiger partial charge in [-0.2, -0.15) is 0 Å². The predicted molar refractivity (Wildman–Crippen MR) is 71.4 cm³/mol. The van der Waals surface area contributed by atoms with Crippen LogP contribution in [0.2, 0.25) is 0 Å². The second kappa shape index (κ2) is 6.18. The molecule has 2 nitrogen and oxygen atoms in total. The van der Waals surface area contributed by atoms with E-state index in [2.05, 4.69) is 43.4 Å². The highest BCUT2D eigenvalue weighted by atomic mass is 16.5. The fourth-order valence-corrected chi connectivity index (χ4v) is 2.28. The van der Waals surface area contributed by atoms with Gasteiger partial charge < -0.3 is 10.1 Å². The Hall–Kier alpha value is -0.860. The van der Waals surface area contributed by atoms with Gasteiger partial charge in [0.15, 0.2) is 0 Å². The lowest BCUT2D eigenvalue weighted by Gasteiger charge is -2.30.